The van der Waals surface area contributed by atoms with Gasteiger partial charge >= 0.3 is 0 Å². The number of nitrogens with one attached hydrogen (secondary N) is 2. The third kappa shape index (κ3) is 5.30. The first-order chi connectivity index (χ1) is 14.5. The Hall–Kier alpha value is -3.05. The lowest BCUT2D eigenvalue weighted by Crippen LogP contribution is -2.39. The zero-order valence-corrected chi connectivity index (χ0v) is 18.1. The fraction of sp³-hybridized carbons (Fsp3) is 0.320. The number of rotatable bonds is 9. The van der Waals surface area contributed by atoms with Gasteiger partial charge < -0.3 is 14.8 Å². The van der Waals surface area contributed by atoms with Crippen molar-refractivity contribution in [2.75, 3.05) is 18.5 Å². The summed E-state index contributed by atoms with van der Waals surface area (Å²) in [6.45, 7) is 8.94. The molecule has 0 spiro atoms. The topological polar surface area (TPSA) is 59.6 Å². The Balaban J connectivity index is 1.65. The second kappa shape index (κ2) is 10.1. The maximum atomic E-state index is 12.7. The van der Waals surface area contributed by atoms with Crippen molar-refractivity contribution in [3.8, 4) is 11.5 Å². The Morgan fingerprint density at radius 3 is 2.30 bits per heavy atom. The Labute approximate surface area is 178 Å². The van der Waals surface area contributed by atoms with E-state index in [1.807, 2.05) is 82.3 Å². The van der Waals surface area contributed by atoms with Crippen LogP contribution < -0.4 is 20.1 Å². The minimum Gasteiger partial charge on any atom is -0.490 e. The molecule has 3 aromatic rings. The van der Waals surface area contributed by atoms with E-state index in [-0.39, 0.29) is 18.0 Å². The van der Waals surface area contributed by atoms with E-state index in [1.165, 1.54) is 0 Å². The summed E-state index contributed by atoms with van der Waals surface area (Å²) < 4.78 is 11.3. The number of ether oxygens (including phenoxy) is 2. The number of carbonyl (C=O) groups is 1. The van der Waals surface area contributed by atoms with Crippen LogP contribution in [0, 0.1) is 0 Å². The summed E-state index contributed by atoms with van der Waals surface area (Å²) in [5.41, 5.74) is 1.83. The first-order valence-electron chi connectivity index (χ1n) is 10.5. The van der Waals surface area contributed by atoms with E-state index < -0.39 is 0 Å². The molecule has 0 radical (unpaired) electrons. The summed E-state index contributed by atoms with van der Waals surface area (Å²) in [4.78, 5) is 12.7. The fourth-order valence-corrected chi connectivity index (χ4v) is 3.40. The van der Waals surface area contributed by atoms with Crippen LogP contribution in [0.3, 0.4) is 0 Å². The van der Waals surface area contributed by atoms with Crippen LogP contribution in [-0.2, 0) is 4.79 Å². The van der Waals surface area contributed by atoms with Crippen molar-refractivity contribution in [2.45, 2.75) is 39.8 Å². The average molecular weight is 407 g/mol. The molecule has 0 aromatic heterocycles. The Morgan fingerprint density at radius 2 is 1.57 bits per heavy atom. The molecular weight excluding hydrogens is 376 g/mol. The number of amides is 1. The Morgan fingerprint density at radius 1 is 0.867 bits per heavy atom. The van der Waals surface area contributed by atoms with Crippen molar-refractivity contribution in [1.82, 2.24) is 5.32 Å². The molecule has 3 aromatic carbocycles. The van der Waals surface area contributed by atoms with Gasteiger partial charge in [0.05, 0.1) is 19.3 Å². The molecule has 0 fully saturated rings. The molecule has 3 rings (SSSR count). The molecule has 0 saturated carbocycles. The second-order valence-electron chi connectivity index (χ2n) is 7.23. The minimum atomic E-state index is -0.367. The third-order valence-electron chi connectivity index (χ3n) is 4.98. The largest absolute Gasteiger partial charge is 0.490 e. The van der Waals surface area contributed by atoms with Gasteiger partial charge in [0.25, 0.3) is 0 Å². The SMILES string of the molecule is CCOc1ccc([C@H](C)N[C@H](C)C(=O)Nc2ccc3ccccc3c2)cc1OCC. The van der Waals surface area contributed by atoms with Crippen LogP contribution in [0.4, 0.5) is 5.69 Å². The highest BCUT2D eigenvalue weighted by Crippen LogP contribution is 2.31. The van der Waals surface area contributed by atoms with Crippen molar-refractivity contribution in [1.29, 1.82) is 0 Å². The van der Waals surface area contributed by atoms with Crippen molar-refractivity contribution in [3.63, 3.8) is 0 Å². The van der Waals surface area contributed by atoms with Gasteiger partial charge in [0.15, 0.2) is 11.5 Å². The van der Waals surface area contributed by atoms with Crippen LogP contribution in [0.2, 0.25) is 0 Å². The highest BCUT2D eigenvalue weighted by molar-refractivity contribution is 5.97. The Bertz CT molecular complexity index is 1000. The third-order valence-corrected chi connectivity index (χ3v) is 4.98. The van der Waals surface area contributed by atoms with E-state index in [0.717, 1.165) is 33.5 Å². The molecule has 0 unspecified atom stereocenters. The summed E-state index contributed by atoms with van der Waals surface area (Å²) >= 11 is 0. The van der Waals surface area contributed by atoms with Gasteiger partial charge in [-0.3, -0.25) is 10.1 Å². The molecule has 5 heteroatoms. The van der Waals surface area contributed by atoms with Gasteiger partial charge in [-0.2, -0.15) is 0 Å². The van der Waals surface area contributed by atoms with Crippen LogP contribution in [0.1, 0.15) is 39.3 Å². The number of hydrogen-bond acceptors (Lipinski definition) is 4. The number of fused-ring (bicyclic) bond motifs is 1. The minimum absolute atomic E-state index is 0.0303. The standard InChI is InChI=1S/C25H30N2O3/c1-5-29-23-14-12-20(16-24(23)30-6-2)17(3)26-18(4)25(28)27-22-13-11-19-9-7-8-10-21(19)15-22/h7-18,26H,5-6H2,1-4H3,(H,27,28)/t17-,18+/m0/s1. The maximum Gasteiger partial charge on any atom is 0.241 e. The lowest BCUT2D eigenvalue weighted by molar-refractivity contribution is -0.117. The van der Waals surface area contributed by atoms with Crippen LogP contribution in [0.25, 0.3) is 10.8 Å². The molecule has 158 valence electrons. The predicted molar refractivity (Wildman–Crippen MR) is 122 cm³/mol. The molecule has 5 nitrogen and oxygen atoms in total. The fourth-order valence-electron chi connectivity index (χ4n) is 3.40. The average Bonchev–Trinajstić information content (AvgIpc) is 2.75. The summed E-state index contributed by atoms with van der Waals surface area (Å²) in [6.07, 6.45) is 0. The molecule has 0 aliphatic heterocycles. The summed E-state index contributed by atoms with van der Waals surface area (Å²) in [5.74, 6) is 1.38. The first-order valence-corrected chi connectivity index (χ1v) is 10.5. The van der Waals surface area contributed by atoms with Crippen LogP contribution in [-0.4, -0.2) is 25.2 Å². The lowest BCUT2D eigenvalue weighted by Gasteiger charge is -2.21. The molecule has 0 aliphatic carbocycles. The molecule has 1 amide bonds. The van der Waals surface area contributed by atoms with Gasteiger partial charge in [0, 0.05) is 11.7 Å². The highest BCUT2D eigenvalue weighted by atomic mass is 16.5. The molecular formula is C25H30N2O3. The Kier molecular flexibility index (Phi) is 7.31. The van der Waals surface area contributed by atoms with Crippen molar-refractivity contribution in [2.24, 2.45) is 0 Å². The number of hydrogen-bond donors (Lipinski definition) is 2. The molecule has 2 N–H and O–H groups in total. The van der Waals surface area contributed by atoms with Gasteiger partial charge in [-0.15, -0.1) is 0 Å². The molecule has 30 heavy (non-hydrogen) atoms. The maximum absolute atomic E-state index is 12.7. The zero-order chi connectivity index (χ0) is 21.5. The van der Waals surface area contributed by atoms with Crippen LogP contribution in [0.15, 0.2) is 60.7 Å². The van der Waals surface area contributed by atoms with Crippen molar-refractivity contribution >= 4 is 22.4 Å². The first kappa shape index (κ1) is 21.7. The van der Waals surface area contributed by atoms with E-state index in [2.05, 4.69) is 16.7 Å². The monoisotopic (exact) mass is 406 g/mol. The zero-order valence-electron chi connectivity index (χ0n) is 18.1. The summed E-state index contributed by atoms with van der Waals surface area (Å²) in [7, 11) is 0. The smallest absolute Gasteiger partial charge is 0.241 e. The van der Waals surface area contributed by atoms with E-state index in [1.54, 1.807) is 0 Å². The van der Waals surface area contributed by atoms with Gasteiger partial charge in [-0.25, -0.2) is 0 Å². The quantitative estimate of drug-likeness (QED) is 0.505. The molecule has 0 aliphatic rings. The van der Waals surface area contributed by atoms with Crippen LogP contribution in [0.5, 0.6) is 11.5 Å². The molecule has 0 bridgehead atoms. The van der Waals surface area contributed by atoms with E-state index in [4.69, 9.17) is 9.47 Å². The van der Waals surface area contributed by atoms with Gasteiger partial charge in [-0.05, 0) is 68.3 Å². The number of benzene rings is 3. The van der Waals surface area contributed by atoms with E-state index in [0.29, 0.717) is 13.2 Å². The lowest BCUT2D eigenvalue weighted by atomic mass is 10.1. The predicted octanol–water partition coefficient (Wildman–Crippen LogP) is 5.32. The second-order valence-corrected chi connectivity index (χ2v) is 7.23. The van der Waals surface area contributed by atoms with Crippen molar-refractivity contribution < 1.29 is 14.3 Å². The van der Waals surface area contributed by atoms with Crippen molar-refractivity contribution in [3.05, 3.63) is 66.2 Å². The van der Waals surface area contributed by atoms with Gasteiger partial charge in [0.2, 0.25) is 5.91 Å². The van der Waals surface area contributed by atoms with E-state index in [9.17, 15) is 4.79 Å². The summed E-state index contributed by atoms with van der Waals surface area (Å²) in [5, 5.41) is 8.62. The van der Waals surface area contributed by atoms with Gasteiger partial charge in [-0.1, -0.05) is 36.4 Å². The van der Waals surface area contributed by atoms with Crippen LogP contribution >= 0.6 is 0 Å². The van der Waals surface area contributed by atoms with E-state index >= 15 is 0 Å². The molecule has 2 atom stereocenters. The molecule has 0 saturated heterocycles. The number of carbonyl (C=O) groups excluding carboxylic acids is 1. The highest BCUT2D eigenvalue weighted by Gasteiger charge is 2.18. The van der Waals surface area contributed by atoms with Gasteiger partial charge in [0.1, 0.15) is 0 Å². The summed E-state index contributed by atoms with van der Waals surface area (Å²) in [6, 6.07) is 19.5. The molecule has 0 heterocycles. The normalized spacial score (nSPS) is 12.9. The number of anilines is 1.